The van der Waals surface area contributed by atoms with Gasteiger partial charge in [0.1, 0.15) is 12.0 Å². The van der Waals surface area contributed by atoms with Gasteiger partial charge in [-0.1, -0.05) is 11.6 Å². The highest BCUT2D eigenvalue weighted by atomic mass is 35.5. The van der Waals surface area contributed by atoms with E-state index in [1.165, 1.54) is 0 Å². The smallest absolute Gasteiger partial charge is 0.161 e. The van der Waals surface area contributed by atoms with E-state index < -0.39 is 5.60 Å². The minimum Gasteiger partial charge on any atom is -0.478 e. The molecule has 0 amide bonds. The molecule has 19 heavy (non-hydrogen) atoms. The Morgan fingerprint density at radius 1 is 1.42 bits per heavy atom. The number of carbonyl (C=O) groups is 1. The van der Waals surface area contributed by atoms with E-state index in [0.29, 0.717) is 16.3 Å². The first-order chi connectivity index (χ1) is 8.94. The summed E-state index contributed by atoms with van der Waals surface area (Å²) in [5.74, 6) is 1.32. The number of imidazole rings is 1. The van der Waals surface area contributed by atoms with E-state index in [1.807, 2.05) is 31.7 Å². The maximum atomic E-state index is 10.7. The molecule has 2 rings (SSSR count). The summed E-state index contributed by atoms with van der Waals surface area (Å²) in [6.07, 6.45) is 4.33. The molecule has 1 aromatic heterocycles. The first kappa shape index (κ1) is 13.6. The number of benzene rings is 1. The average Bonchev–Trinajstić information content (AvgIpc) is 2.79. The summed E-state index contributed by atoms with van der Waals surface area (Å²) < 4.78 is 7.82. The Morgan fingerprint density at radius 3 is 2.68 bits per heavy atom. The van der Waals surface area contributed by atoms with E-state index in [4.69, 9.17) is 16.3 Å². The summed E-state index contributed by atoms with van der Waals surface area (Å²) in [7, 11) is 1.91. The molecule has 1 aromatic carbocycles. The summed E-state index contributed by atoms with van der Waals surface area (Å²) >= 11 is 6.10. The van der Waals surface area contributed by atoms with Crippen molar-refractivity contribution in [2.45, 2.75) is 19.4 Å². The second-order valence-corrected chi connectivity index (χ2v) is 5.19. The number of hydrogen-bond donors (Lipinski definition) is 0. The summed E-state index contributed by atoms with van der Waals surface area (Å²) in [6.45, 7) is 3.83. The second kappa shape index (κ2) is 5.05. The van der Waals surface area contributed by atoms with Crippen molar-refractivity contribution in [2.75, 3.05) is 0 Å². The SMILES string of the molecule is Cn1ccnc1C(C)(C)Oc1ccc(C=O)cc1Cl. The van der Waals surface area contributed by atoms with E-state index in [0.717, 1.165) is 12.1 Å². The maximum Gasteiger partial charge on any atom is 0.161 e. The van der Waals surface area contributed by atoms with Crippen LogP contribution in [-0.4, -0.2) is 15.8 Å². The van der Waals surface area contributed by atoms with Crippen molar-refractivity contribution in [1.82, 2.24) is 9.55 Å². The van der Waals surface area contributed by atoms with Crippen molar-refractivity contribution >= 4 is 17.9 Å². The minimum absolute atomic E-state index is 0.409. The van der Waals surface area contributed by atoms with Crippen LogP contribution in [0.3, 0.4) is 0 Å². The molecule has 0 atom stereocenters. The Balaban J connectivity index is 2.30. The zero-order valence-electron chi connectivity index (χ0n) is 11.1. The topological polar surface area (TPSA) is 44.1 Å². The third kappa shape index (κ3) is 2.79. The zero-order chi connectivity index (χ0) is 14.0. The van der Waals surface area contributed by atoms with Crippen molar-refractivity contribution in [3.8, 4) is 5.75 Å². The van der Waals surface area contributed by atoms with Crippen LogP contribution in [0.25, 0.3) is 0 Å². The number of aryl methyl sites for hydroxylation is 1. The molecule has 0 aliphatic rings. The number of ether oxygens (including phenoxy) is 1. The van der Waals surface area contributed by atoms with Gasteiger partial charge in [0.25, 0.3) is 0 Å². The fraction of sp³-hybridized carbons (Fsp3) is 0.286. The molecule has 0 N–H and O–H groups in total. The normalized spacial score (nSPS) is 11.4. The fourth-order valence-corrected chi connectivity index (χ4v) is 2.17. The van der Waals surface area contributed by atoms with Gasteiger partial charge in [-0.15, -0.1) is 0 Å². The van der Waals surface area contributed by atoms with Gasteiger partial charge in [0.05, 0.1) is 5.02 Å². The summed E-state index contributed by atoms with van der Waals surface area (Å²) in [6, 6.07) is 4.94. The molecule has 0 aliphatic heterocycles. The highest BCUT2D eigenvalue weighted by Crippen LogP contribution is 2.32. The van der Waals surface area contributed by atoms with Crippen LogP contribution < -0.4 is 4.74 Å². The quantitative estimate of drug-likeness (QED) is 0.807. The Labute approximate surface area is 117 Å². The highest BCUT2D eigenvalue weighted by molar-refractivity contribution is 6.32. The van der Waals surface area contributed by atoms with Gasteiger partial charge in [-0.25, -0.2) is 4.98 Å². The van der Waals surface area contributed by atoms with E-state index in [-0.39, 0.29) is 0 Å². The van der Waals surface area contributed by atoms with Gasteiger partial charge in [-0.2, -0.15) is 0 Å². The van der Waals surface area contributed by atoms with Crippen molar-refractivity contribution in [2.24, 2.45) is 7.05 Å². The lowest BCUT2D eigenvalue weighted by molar-refractivity contribution is 0.0954. The molecule has 4 nitrogen and oxygen atoms in total. The molecule has 0 bridgehead atoms. The van der Waals surface area contributed by atoms with Crippen molar-refractivity contribution < 1.29 is 9.53 Å². The van der Waals surface area contributed by atoms with Gasteiger partial charge < -0.3 is 9.30 Å². The van der Waals surface area contributed by atoms with Crippen LogP contribution in [-0.2, 0) is 12.6 Å². The van der Waals surface area contributed by atoms with Crippen molar-refractivity contribution in [3.63, 3.8) is 0 Å². The number of hydrogen-bond acceptors (Lipinski definition) is 3. The second-order valence-electron chi connectivity index (χ2n) is 4.78. The Hall–Kier alpha value is -1.81. The molecule has 0 unspecified atom stereocenters. The third-order valence-electron chi connectivity index (χ3n) is 2.82. The molecule has 0 spiro atoms. The molecule has 100 valence electrons. The number of rotatable bonds is 4. The predicted molar refractivity (Wildman–Crippen MR) is 73.7 cm³/mol. The molecule has 0 saturated carbocycles. The Kier molecular flexibility index (Phi) is 3.62. The molecule has 1 heterocycles. The molecular formula is C14H15ClN2O2. The first-order valence-corrected chi connectivity index (χ1v) is 6.23. The summed E-state index contributed by atoms with van der Waals surface area (Å²) in [4.78, 5) is 15.0. The van der Waals surface area contributed by atoms with Crippen LogP contribution in [0, 0.1) is 0 Å². The van der Waals surface area contributed by atoms with E-state index >= 15 is 0 Å². The highest BCUT2D eigenvalue weighted by Gasteiger charge is 2.27. The lowest BCUT2D eigenvalue weighted by atomic mass is 10.1. The molecule has 5 heteroatoms. The number of aldehydes is 1. The lowest BCUT2D eigenvalue weighted by Gasteiger charge is -2.26. The molecule has 0 radical (unpaired) electrons. The average molecular weight is 279 g/mol. The molecular weight excluding hydrogens is 264 g/mol. The number of halogens is 1. The standard InChI is InChI=1S/C14H15ClN2O2/c1-14(2,13-16-6-7-17(13)3)19-12-5-4-10(9-18)8-11(12)15/h4-9H,1-3H3. The van der Waals surface area contributed by atoms with Crippen molar-refractivity contribution in [3.05, 3.63) is 47.0 Å². The maximum absolute atomic E-state index is 10.7. The van der Waals surface area contributed by atoms with Gasteiger partial charge in [-0.05, 0) is 32.0 Å². The van der Waals surface area contributed by atoms with Crippen LogP contribution in [0.15, 0.2) is 30.6 Å². The third-order valence-corrected chi connectivity index (χ3v) is 3.11. The molecule has 0 aliphatic carbocycles. The van der Waals surface area contributed by atoms with Gasteiger partial charge >= 0.3 is 0 Å². The Morgan fingerprint density at radius 2 is 2.16 bits per heavy atom. The van der Waals surface area contributed by atoms with Crippen LogP contribution in [0.4, 0.5) is 0 Å². The van der Waals surface area contributed by atoms with Gasteiger partial charge in [-0.3, -0.25) is 4.79 Å². The van der Waals surface area contributed by atoms with E-state index in [9.17, 15) is 4.79 Å². The minimum atomic E-state index is -0.620. The summed E-state index contributed by atoms with van der Waals surface area (Å²) in [5, 5.41) is 0.409. The van der Waals surface area contributed by atoms with Crippen LogP contribution in [0.1, 0.15) is 30.0 Å². The number of nitrogens with zero attached hydrogens (tertiary/aromatic N) is 2. The molecule has 0 saturated heterocycles. The van der Waals surface area contributed by atoms with Crippen molar-refractivity contribution in [1.29, 1.82) is 0 Å². The summed E-state index contributed by atoms with van der Waals surface area (Å²) in [5.41, 5.74) is -0.0999. The largest absolute Gasteiger partial charge is 0.478 e. The lowest BCUT2D eigenvalue weighted by Crippen LogP contribution is -2.29. The van der Waals surface area contributed by atoms with Crippen LogP contribution in [0.2, 0.25) is 5.02 Å². The number of carbonyl (C=O) groups excluding carboxylic acids is 1. The van der Waals surface area contributed by atoms with Gasteiger partial charge in [0, 0.05) is 25.0 Å². The zero-order valence-corrected chi connectivity index (χ0v) is 11.8. The molecule has 2 aromatic rings. The van der Waals surface area contributed by atoms with Gasteiger partial charge in [0.2, 0.25) is 0 Å². The fourth-order valence-electron chi connectivity index (χ4n) is 1.94. The predicted octanol–water partition coefficient (Wildman–Crippen LogP) is 3.20. The van der Waals surface area contributed by atoms with Gasteiger partial charge in [0.15, 0.2) is 11.4 Å². The number of aromatic nitrogens is 2. The monoisotopic (exact) mass is 278 g/mol. The van der Waals surface area contributed by atoms with Crippen LogP contribution >= 0.6 is 11.6 Å². The van der Waals surface area contributed by atoms with Crippen LogP contribution in [0.5, 0.6) is 5.75 Å². The van der Waals surface area contributed by atoms with E-state index in [2.05, 4.69) is 4.98 Å². The molecule has 0 fully saturated rings. The Bertz CT molecular complexity index is 605. The first-order valence-electron chi connectivity index (χ1n) is 5.85. The van der Waals surface area contributed by atoms with E-state index in [1.54, 1.807) is 24.4 Å².